The Morgan fingerprint density at radius 2 is 1.87 bits per heavy atom. The van der Waals surface area contributed by atoms with Crippen LogP contribution in [0, 0.1) is 17.2 Å². The maximum atomic E-state index is 13.0. The zero-order valence-corrected chi connectivity index (χ0v) is 18.3. The Morgan fingerprint density at radius 1 is 1.23 bits per heavy atom. The summed E-state index contributed by atoms with van der Waals surface area (Å²) in [7, 11) is 1.47. The summed E-state index contributed by atoms with van der Waals surface area (Å²) in [4.78, 5) is 27.2. The fourth-order valence-electron chi connectivity index (χ4n) is 3.26. The number of hydrogen-bond acceptors (Lipinski definition) is 5. The van der Waals surface area contributed by atoms with E-state index in [0.717, 1.165) is 0 Å². The van der Waals surface area contributed by atoms with Crippen molar-refractivity contribution in [2.75, 3.05) is 33.4 Å². The number of halogens is 1. The third-order valence-corrected chi connectivity index (χ3v) is 5.06. The van der Waals surface area contributed by atoms with Crippen molar-refractivity contribution < 1.29 is 19.1 Å². The van der Waals surface area contributed by atoms with Gasteiger partial charge in [0.25, 0.3) is 0 Å². The van der Waals surface area contributed by atoms with Crippen molar-refractivity contribution in [1.29, 1.82) is 5.26 Å². The van der Waals surface area contributed by atoms with Gasteiger partial charge in [-0.05, 0) is 30.0 Å². The van der Waals surface area contributed by atoms with Gasteiger partial charge in [-0.25, -0.2) is 4.79 Å². The van der Waals surface area contributed by atoms with Gasteiger partial charge < -0.3 is 25.0 Å². The number of carbonyl (C=O) groups excluding carboxylic acids is 2. The van der Waals surface area contributed by atoms with E-state index < -0.39 is 24.1 Å². The van der Waals surface area contributed by atoms with Crippen LogP contribution in [-0.2, 0) is 14.3 Å². The number of ether oxygens (including phenoxy) is 2. The van der Waals surface area contributed by atoms with Gasteiger partial charge in [0.1, 0.15) is 18.2 Å². The van der Waals surface area contributed by atoms with E-state index in [1.807, 2.05) is 13.8 Å². The fourth-order valence-corrected chi connectivity index (χ4v) is 3.38. The van der Waals surface area contributed by atoms with Crippen LogP contribution < -0.4 is 10.6 Å². The molecule has 1 aromatic carbocycles. The highest BCUT2D eigenvalue weighted by atomic mass is 35.5. The molecular formula is C21H29ClN4O4. The van der Waals surface area contributed by atoms with Crippen LogP contribution in [0.3, 0.4) is 0 Å². The molecule has 8 nitrogen and oxygen atoms in total. The molecule has 0 radical (unpaired) electrons. The fraction of sp³-hybridized carbons (Fsp3) is 0.571. The first-order valence-electron chi connectivity index (χ1n) is 9.97. The summed E-state index contributed by atoms with van der Waals surface area (Å²) < 4.78 is 10.7. The number of benzene rings is 1. The highest BCUT2D eigenvalue weighted by Crippen LogP contribution is 2.22. The first kappa shape index (κ1) is 23.9. The van der Waals surface area contributed by atoms with E-state index >= 15 is 0 Å². The summed E-state index contributed by atoms with van der Waals surface area (Å²) in [6.07, 6.45) is -0.232. The number of amides is 3. The molecule has 0 spiro atoms. The predicted octanol–water partition coefficient (Wildman–Crippen LogP) is 2.49. The molecule has 9 heteroatoms. The van der Waals surface area contributed by atoms with E-state index in [4.69, 9.17) is 21.1 Å². The lowest BCUT2D eigenvalue weighted by Gasteiger charge is -2.30. The highest BCUT2D eigenvalue weighted by Gasteiger charge is 2.30. The summed E-state index contributed by atoms with van der Waals surface area (Å²) in [6, 6.07) is 6.98. The van der Waals surface area contributed by atoms with Crippen LogP contribution in [0.25, 0.3) is 0 Å². The minimum atomic E-state index is -0.932. The normalized spacial score (nSPS) is 17.0. The maximum Gasteiger partial charge on any atom is 0.318 e. The van der Waals surface area contributed by atoms with Crippen molar-refractivity contribution in [3.8, 4) is 6.07 Å². The molecule has 164 valence electrons. The summed E-state index contributed by atoms with van der Waals surface area (Å²) in [5, 5.41) is 15.8. The molecule has 2 N–H and O–H groups in total. The molecule has 2 rings (SSSR count). The Labute approximate surface area is 182 Å². The number of hydrogen-bond donors (Lipinski definition) is 2. The van der Waals surface area contributed by atoms with Gasteiger partial charge in [0.15, 0.2) is 0 Å². The summed E-state index contributed by atoms with van der Waals surface area (Å²) >= 11 is 5.93. The molecule has 1 unspecified atom stereocenters. The number of rotatable bonds is 8. The predicted molar refractivity (Wildman–Crippen MR) is 113 cm³/mol. The minimum Gasteiger partial charge on any atom is -0.378 e. The molecule has 3 atom stereocenters. The van der Waals surface area contributed by atoms with Gasteiger partial charge in [0, 0.05) is 25.2 Å². The van der Waals surface area contributed by atoms with Gasteiger partial charge in [0.2, 0.25) is 5.91 Å². The molecule has 1 heterocycles. The number of urea groups is 1. The molecule has 0 bridgehead atoms. The first-order chi connectivity index (χ1) is 14.3. The molecular weight excluding hydrogens is 408 g/mol. The molecule has 1 aromatic rings. The topological polar surface area (TPSA) is 104 Å². The van der Waals surface area contributed by atoms with Crippen LogP contribution in [0.1, 0.15) is 31.9 Å². The second-order valence-electron chi connectivity index (χ2n) is 7.55. The average molecular weight is 437 g/mol. The number of nitriles is 1. The number of nitrogens with zero attached hydrogens (tertiary/aromatic N) is 2. The summed E-state index contributed by atoms with van der Waals surface area (Å²) in [5.41, 5.74) is 0.714. The van der Waals surface area contributed by atoms with Crippen molar-refractivity contribution in [3.63, 3.8) is 0 Å². The van der Waals surface area contributed by atoms with Crippen LogP contribution in [0.5, 0.6) is 0 Å². The smallest absolute Gasteiger partial charge is 0.318 e. The highest BCUT2D eigenvalue weighted by molar-refractivity contribution is 6.30. The molecule has 1 aliphatic rings. The van der Waals surface area contributed by atoms with Gasteiger partial charge in [0.05, 0.1) is 19.3 Å². The number of morpholine rings is 1. The second-order valence-corrected chi connectivity index (χ2v) is 7.99. The van der Waals surface area contributed by atoms with Crippen LogP contribution in [0.2, 0.25) is 5.02 Å². The largest absolute Gasteiger partial charge is 0.378 e. The van der Waals surface area contributed by atoms with Crippen LogP contribution >= 0.6 is 11.6 Å². The summed E-state index contributed by atoms with van der Waals surface area (Å²) in [6.45, 7) is 5.84. The van der Waals surface area contributed by atoms with Crippen molar-refractivity contribution in [1.82, 2.24) is 15.5 Å². The van der Waals surface area contributed by atoms with Crippen molar-refractivity contribution in [3.05, 3.63) is 34.9 Å². The maximum absolute atomic E-state index is 13.0. The van der Waals surface area contributed by atoms with E-state index in [9.17, 15) is 14.9 Å². The number of nitrogens with one attached hydrogen (secondary N) is 2. The van der Waals surface area contributed by atoms with Gasteiger partial charge in [-0.2, -0.15) is 5.26 Å². The van der Waals surface area contributed by atoms with Crippen molar-refractivity contribution >= 4 is 23.5 Å². The number of carbonyl (C=O) groups is 2. The van der Waals surface area contributed by atoms with E-state index in [-0.39, 0.29) is 11.9 Å². The lowest BCUT2D eigenvalue weighted by molar-refractivity contribution is -0.124. The minimum absolute atomic E-state index is 0.167. The molecule has 30 heavy (non-hydrogen) atoms. The van der Waals surface area contributed by atoms with Crippen LogP contribution in [-0.4, -0.2) is 62.3 Å². The average Bonchev–Trinajstić information content (AvgIpc) is 2.74. The zero-order valence-electron chi connectivity index (χ0n) is 17.6. The Hall–Kier alpha value is -2.34. The lowest BCUT2D eigenvalue weighted by Crippen LogP contribution is -2.55. The monoisotopic (exact) mass is 436 g/mol. The Kier molecular flexibility index (Phi) is 9.37. The van der Waals surface area contributed by atoms with Crippen molar-refractivity contribution in [2.45, 2.75) is 38.5 Å². The summed E-state index contributed by atoms with van der Waals surface area (Å²) in [5.74, 6) is -0.256. The van der Waals surface area contributed by atoms with E-state index in [0.29, 0.717) is 43.3 Å². The van der Waals surface area contributed by atoms with E-state index in [2.05, 4.69) is 16.7 Å². The third kappa shape index (κ3) is 6.87. The molecule has 1 aliphatic heterocycles. The van der Waals surface area contributed by atoms with Gasteiger partial charge >= 0.3 is 6.03 Å². The SMILES string of the molecule is COC(c1ccc(Cl)cc1)[C@@H](C#N)NC(=O)[C@H](CC(C)C)NC(=O)N1CCOCC1. The molecule has 1 fully saturated rings. The van der Waals surface area contributed by atoms with Gasteiger partial charge in [-0.3, -0.25) is 4.79 Å². The Morgan fingerprint density at radius 3 is 2.40 bits per heavy atom. The standard InChI is InChI=1S/C21H29ClN4O4/c1-14(2)12-17(25-21(28)26-8-10-30-11-9-26)20(27)24-18(13-23)19(29-3)15-4-6-16(22)7-5-15/h4-7,14,17-19H,8-12H2,1-3H3,(H,24,27)(H,25,28)/t17-,18+,19?/m0/s1. The van der Waals surface area contributed by atoms with E-state index in [1.165, 1.54) is 7.11 Å². The molecule has 0 saturated carbocycles. The molecule has 0 aromatic heterocycles. The van der Waals surface area contributed by atoms with Crippen LogP contribution in [0.4, 0.5) is 4.79 Å². The first-order valence-corrected chi connectivity index (χ1v) is 10.3. The Bertz CT molecular complexity index is 744. The molecule has 1 saturated heterocycles. The molecule has 0 aliphatic carbocycles. The van der Waals surface area contributed by atoms with Crippen molar-refractivity contribution in [2.24, 2.45) is 5.92 Å². The lowest BCUT2D eigenvalue weighted by atomic mass is 10.0. The van der Waals surface area contributed by atoms with E-state index in [1.54, 1.807) is 29.2 Å². The molecule has 3 amide bonds. The quantitative estimate of drug-likeness (QED) is 0.651. The van der Waals surface area contributed by atoms with Crippen LogP contribution in [0.15, 0.2) is 24.3 Å². The number of methoxy groups -OCH3 is 1. The Balaban J connectivity index is 2.10. The second kappa shape index (κ2) is 11.7. The zero-order chi connectivity index (χ0) is 22.1. The van der Waals surface area contributed by atoms with Gasteiger partial charge in [-0.15, -0.1) is 0 Å². The third-order valence-electron chi connectivity index (χ3n) is 4.81. The van der Waals surface area contributed by atoms with Gasteiger partial charge in [-0.1, -0.05) is 37.6 Å².